The van der Waals surface area contributed by atoms with Crippen molar-refractivity contribution in [2.45, 2.75) is 32.1 Å². The quantitative estimate of drug-likeness (QED) is 0.580. The number of ether oxygens (including phenoxy) is 1. The summed E-state index contributed by atoms with van der Waals surface area (Å²) in [5.41, 5.74) is 0.880. The summed E-state index contributed by atoms with van der Waals surface area (Å²) in [5, 5.41) is 3.22. The van der Waals surface area contributed by atoms with Crippen LogP contribution in [-0.4, -0.2) is 27.6 Å². The van der Waals surface area contributed by atoms with E-state index in [1.807, 2.05) is 0 Å². The normalized spacial score (nSPS) is 12.5. The Morgan fingerprint density at radius 2 is 2.33 bits per heavy atom. The maximum absolute atomic E-state index is 5.41. The molecular weight excluding hydrogens is 149 g/mol. The minimum absolute atomic E-state index is 0.357. The van der Waals surface area contributed by atoms with Crippen LogP contribution in [0.2, 0.25) is 6.32 Å². The van der Waals surface area contributed by atoms with Gasteiger partial charge in [-0.2, -0.15) is 0 Å². The molecule has 3 heteroatoms. The lowest BCUT2D eigenvalue weighted by molar-refractivity contribution is 0.166. The number of allylic oxidation sites excluding steroid dienone is 1. The van der Waals surface area contributed by atoms with Crippen molar-refractivity contribution in [1.29, 1.82) is 0 Å². The standard InChI is InChI=1S/C9H18BNO/c1-4-5-9(7-12-3)11-8(2)6-10/h9,11H,2,4-7H2,1,3H3. The third kappa shape index (κ3) is 5.25. The highest BCUT2D eigenvalue weighted by atomic mass is 16.5. The summed E-state index contributed by atoms with van der Waals surface area (Å²) in [7, 11) is 7.11. The van der Waals surface area contributed by atoms with Crippen molar-refractivity contribution in [3.05, 3.63) is 12.3 Å². The fourth-order valence-corrected chi connectivity index (χ4v) is 1.09. The first-order chi connectivity index (χ1) is 5.74. The molecule has 2 radical (unpaired) electrons. The van der Waals surface area contributed by atoms with Gasteiger partial charge in [0.1, 0.15) is 0 Å². The summed E-state index contributed by atoms with van der Waals surface area (Å²) in [6.07, 6.45) is 2.72. The molecule has 0 amide bonds. The Balaban J connectivity index is 3.68. The zero-order valence-corrected chi connectivity index (χ0v) is 8.10. The zero-order valence-electron chi connectivity index (χ0n) is 8.10. The number of methoxy groups -OCH3 is 1. The number of hydrogen-bond acceptors (Lipinski definition) is 2. The molecule has 1 unspecified atom stereocenters. The highest BCUT2D eigenvalue weighted by molar-refractivity contribution is 6.10. The van der Waals surface area contributed by atoms with Gasteiger partial charge in [-0.25, -0.2) is 0 Å². The Bertz CT molecular complexity index is 122. The van der Waals surface area contributed by atoms with Crippen molar-refractivity contribution in [1.82, 2.24) is 5.32 Å². The molecule has 0 fully saturated rings. The van der Waals surface area contributed by atoms with Gasteiger partial charge in [0.15, 0.2) is 0 Å². The van der Waals surface area contributed by atoms with Crippen molar-refractivity contribution in [2.24, 2.45) is 0 Å². The molecule has 0 aromatic rings. The predicted octanol–water partition coefficient (Wildman–Crippen LogP) is 1.49. The molecule has 0 bridgehead atoms. The van der Waals surface area contributed by atoms with Gasteiger partial charge in [0, 0.05) is 13.2 Å². The third-order valence-electron chi connectivity index (χ3n) is 1.66. The fraction of sp³-hybridized carbons (Fsp3) is 0.778. The summed E-state index contributed by atoms with van der Waals surface area (Å²) in [6.45, 7) is 6.65. The lowest BCUT2D eigenvalue weighted by Crippen LogP contribution is -2.32. The van der Waals surface area contributed by atoms with E-state index in [0.717, 1.165) is 18.5 Å². The first-order valence-electron chi connectivity index (χ1n) is 4.37. The van der Waals surface area contributed by atoms with Gasteiger partial charge in [0.25, 0.3) is 0 Å². The Morgan fingerprint density at radius 1 is 1.67 bits per heavy atom. The summed E-state index contributed by atoms with van der Waals surface area (Å²) in [5.74, 6) is 0. The van der Waals surface area contributed by atoms with E-state index in [4.69, 9.17) is 12.6 Å². The van der Waals surface area contributed by atoms with Gasteiger partial charge in [-0.1, -0.05) is 26.2 Å². The highest BCUT2D eigenvalue weighted by Gasteiger charge is 2.05. The average molecular weight is 167 g/mol. The molecule has 0 aromatic carbocycles. The number of hydrogen-bond donors (Lipinski definition) is 1. The van der Waals surface area contributed by atoms with Crippen LogP contribution in [0.5, 0.6) is 0 Å². The molecule has 0 aliphatic rings. The maximum Gasteiger partial charge on any atom is 0.0736 e. The smallest absolute Gasteiger partial charge is 0.0736 e. The van der Waals surface area contributed by atoms with E-state index in [0.29, 0.717) is 19.0 Å². The van der Waals surface area contributed by atoms with E-state index in [9.17, 15) is 0 Å². The van der Waals surface area contributed by atoms with Gasteiger partial charge in [0.05, 0.1) is 14.5 Å². The Labute approximate surface area is 76.8 Å². The number of rotatable bonds is 7. The van der Waals surface area contributed by atoms with Crippen molar-refractivity contribution in [3.63, 3.8) is 0 Å². The second-order valence-electron chi connectivity index (χ2n) is 2.89. The molecule has 12 heavy (non-hydrogen) atoms. The molecule has 0 rings (SSSR count). The van der Waals surface area contributed by atoms with Crippen LogP contribution >= 0.6 is 0 Å². The van der Waals surface area contributed by atoms with E-state index in [1.54, 1.807) is 7.11 Å². The van der Waals surface area contributed by atoms with E-state index < -0.39 is 0 Å². The molecule has 0 aromatic heterocycles. The average Bonchev–Trinajstić information content (AvgIpc) is 2.05. The van der Waals surface area contributed by atoms with Crippen LogP contribution in [0.4, 0.5) is 0 Å². The molecule has 0 aliphatic carbocycles. The van der Waals surface area contributed by atoms with Crippen molar-refractivity contribution < 1.29 is 4.74 Å². The van der Waals surface area contributed by atoms with E-state index in [2.05, 4.69) is 18.8 Å². The lowest BCUT2D eigenvalue weighted by Gasteiger charge is -2.19. The minimum Gasteiger partial charge on any atom is -0.384 e. The van der Waals surface area contributed by atoms with Gasteiger partial charge in [0.2, 0.25) is 0 Å². The minimum atomic E-state index is 0.357. The first-order valence-corrected chi connectivity index (χ1v) is 4.37. The molecule has 0 saturated carbocycles. The molecule has 0 spiro atoms. The van der Waals surface area contributed by atoms with Gasteiger partial charge in [-0.3, -0.25) is 0 Å². The Morgan fingerprint density at radius 3 is 2.75 bits per heavy atom. The maximum atomic E-state index is 5.41. The van der Waals surface area contributed by atoms with Crippen LogP contribution < -0.4 is 5.32 Å². The van der Waals surface area contributed by atoms with Crippen LogP contribution in [0.1, 0.15) is 19.8 Å². The van der Waals surface area contributed by atoms with Gasteiger partial charge < -0.3 is 10.1 Å². The fourth-order valence-electron chi connectivity index (χ4n) is 1.09. The summed E-state index contributed by atoms with van der Waals surface area (Å²) in [6, 6.07) is 0.357. The number of nitrogens with one attached hydrogen (secondary N) is 1. The van der Waals surface area contributed by atoms with E-state index >= 15 is 0 Å². The highest BCUT2D eigenvalue weighted by Crippen LogP contribution is 2.01. The van der Waals surface area contributed by atoms with Gasteiger partial charge >= 0.3 is 0 Å². The van der Waals surface area contributed by atoms with Crippen LogP contribution in [0.15, 0.2) is 12.3 Å². The SMILES string of the molecule is [B]CC(=C)NC(CCC)COC. The monoisotopic (exact) mass is 167 g/mol. The molecule has 0 saturated heterocycles. The molecular formula is C9H18BNO. The largest absolute Gasteiger partial charge is 0.384 e. The third-order valence-corrected chi connectivity index (χ3v) is 1.66. The summed E-state index contributed by atoms with van der Waals surface area (Å²) in [4.78, 5) is 0. The predicted molar refractivity (Wildman–Crippen MR) is 53.4 cm³/mol. The van der Waals surface area contributed by atoms with Crippen molar-refractivity contribution >= 4 is 7.85 Å². The summed E-state index contributed by atoms with van der Waals surface area (Å²) < 4.78 is 5.06. The van der Waals surface area contributed by atoms with Crippen LogP contribution in [-0.2, 0) is 4.74 Å². The first kappa shape index (κ1) is 11.6. The molecule has 1 N–H and O–H groups in total. The second-order valence-corrected chi connectivity index (χ2v) is 2.89. The van der Waals surface area contributed by atoms with Crippen LogP contribution in [0.3, 0.4) is 0 Å². The molecule has 0 heterocycles. The van der Waals surface area contributed by atoms with E-state index in [1.165, 1.54) is 0 Å². The molecule has 1 atom stereocenters. The van der Waals surface area contributed by atoms with Crippen molar-refractivity contribution in [2.75, 3.05) is 13.7 Å². The lowest BCUT2D eigenvalue weighted by atomic mass is 10.0. The molecule has 0 aliphatic heterocycles. The van der Waals surface area contributed by atoms with Gasteiger partial charge in [-0.15, -0.1) is 0 Å². The Kier molecular flexibility index (Phi) is 6.96. The topological polar surface area (TPSA) is 21.3 Å². The second kappa shape index (κ2) is 7.23. The van der Waals surface area contributed by atoms with Crippen molar-refractivity contribution in [3.8, 4) is 0 Å². The van der Waals surface area contributed by atoms with Crippen LogP contribution in [0, 0.1) is 0 Å². The molecule has 2 nitrogen and oxygen atoms in total. The zero-order chi connectivity index (χ0) is 9.40. The summed E-state index contributed by atoms with van der Waals surface area (Å²) >= 11 is 0. The van der Waals surface area contributed by atoms with Crippen LogP contribution in [0.25, 0.3) is 0 Å². The van der Waals surface area contributed by atoms with Gasteiger partial charge in [-0.05, 0) is 12.1 Å². The Hall–Kier alpha value is -0.435. The molecule has 68 valence electrons. The van der Waals surface area contributed by atoms with E-state index in [-0.39, 0.29) is 0 Å².